The van der Waals surface area contributed by atoms with Crippen molar-refractivity contribution in [2.24, 2.45) is 28.0 Å². The lowest BCUT2D eigenvalue weighted by atomic mass is 9.95. The lowest BCUT2D eigenvalue weighted by molar-refractivity contribution is 0.0685. The quantitative estimate of drug-likeness (QED) is 0.138. The van der Waals surface area contributed by atoms with Crippen molar-refractivity contribution in [2.75, 3.05) is 13.1 Å². The number of nitriles is 1. The number of azo groups is 1. The van der Waals surface area contributed by atoms with Crippen molar-refractivity contribution in [1.29, 1.82) is 5.26 Å². The van der Waals surface area contributed by atoms with Crippen molar-refractivity contribution >= 4 is 17.3 Å². The molecule has 0 aliphatic carbocycles. The summed E-state index contributed by atoms with van der Waals surface area (Å²) in [5, 5.41) is 29.6. The first kappa shape index (κ1) is 38.7. The van der Waals surface area contributed by atoms with Gasteiger partial charge in [0.25, 0.3) is 11.5 Å². The fourth-order valence-electron chi connectivity index (χ4n) is 6.12. The number of aromatic hydroxyl groups is 1. The third kappa shape index (κ3) is 10.8. The Morgan fingerprint density at radius 1 is 0.870 bits per heavy atom. The van der Waals surface area contributed by atoms with Crippen molar-refractivity contribution in [3.63, 3.8) is 0 Å². The molecule has 0 aliphatic rings. The van der Waals surface area contributed by atoms with Gasteiger partial charge in [-0.2, -0.15) is 5.26 Å². The molecule has 0 radical (unpaired) electrons. The zero-order chi connectivity index (χ0) is 34.1. The first-order chi connectivity index (χ1) is 22.2. The van der Waals surface area contributed by atoms with Crippen molar-refractivity contribution in [2.45, 2.75) is 132 Å². The van der Waals surface area contributed by atoms with E-state index in [9.17, 15) is 20.0 Å². The highest BCUT2D eigenvalue weighted by atomic mass is 16.3. The van der Waals surface area contributed by atoms with Crippen LogP contribution in [0.2, 0.25) is 0 Å². The average Bonchev–Trinajstić information content (AvgIpc) is 3.07. The zero-order valence-electron chi connectivity index (χ0n) is 29.6. The predicted octanol–water partition coefficient (Wildman–Crippen LogP) is 10.2. The van der Waals surface area contributed by atoms with Crippen molar-refractivity contribution < 1.29 is 9.90 Å². The summed E-state index contributed by atoms with van der Waals surface area (Å²) in [4.78, 5) is 30.0. The maximum Gasteiger partial charge on any atom is 0.281 e. The number of nitrogens with zero attached hydrogens (tertiary/aromatic N) is 5. The second-order valence-corrected chi connectivity index (χ2v) is 12.9. The number of hydrogen-bond acceptors (Lipinski definition) is 6. The van der Waals surface area contributed by atoms with E-state index in [4.69, 9.17) is 0 Å². The van der Waals surface area contributed by atoms with Crippen LogP contribution in [-0.2, 0) is 6.54 Å². The normalized spacial score (nSPS) is 13.4. The van der Waals surface area contributed by atoms with E-state index in [1.165, 1.54) is 4.57 Å². The monoisotopic (exact) mass is 633 g/mol. The maximum absolute atomic E-state index is 14.3. The third-order valence-electron chi connectivity index (χ3n) is 9.48. The Labute approximate surface area is 277 Å². The number of carbonyl (C=O) groups is 1. The van der Waals surface area contributed by atoms with E-state index < -0.39 is 5.56 Å². The largest absolute Gasteiger partial charge is 0.493 e. The first-order valence-electron chi connectivity index (χ1n) is 17.9. The smallest absolute Gasteiger partial charge is 0.281 e. The fourth-order valence-corrected chi connectivity index (χ4v) is 6.12. The molecule has 8 heteroatoms. The highest BCUT2D eigenvalue weighted by molar-refractivity contribution is 5.99. The van der Waals surface area contributed by atoms with Crippen molar-refractivity contribution in [1.82, 2.24) is 9.47 Å². The molecule has 1 aromatic carbocycles. The molecule has 2 aromatic rings. The van der Waals surface area contributed by atoms with E-state index in [0.29, 0.717) is 42.7 Å². The number of pyridine rings is 1. The highest BCUT2D eigenvalue weighted by Crippen LogP contribution is 2.30. The Morgan fingerprint density at radius 3 is 1.89 bits per heavy atom. The Kier molecular flexibility index (Phi) is 17.3. The van der Waals surface area contributed by atoms with E-state index in [1.54, 1.807) is 19.1 Å². The molecule has 0 fully saturated rings. The second-order valence-electron chi connectivity index (χ2n) is 12.9. The molecule has 1 amide bonds. The van der Waals surface area contributed by atoms with Crippen LogP contribution in [-0.4, -0.2) is 33.6 Å². The summed E-state index contributed by atoms with van der Waals surface area (Å²) in [6.45, 7) is 16.3. The van der Waals surface area contributed by atoms with E-state index in [-0.39, 0.29) is 34.5 Å². The highest BCUT2D eigenvalue weighted by Gasteiger charge is 2.25. The number of benzene rings is 1. The zero-order valence-corrected chi connectivity index (χ0v) is 29.6. The van der Waals surface area contributed by atoms with Crippen LogP contribution < -0.4 is 5.56 Å². The molecule has 0 bridgehead atoms. The minimum atomic E-state index is -0.485. The number of hydrogen-bond donors (Lipinski definition) is 1. The molecule has 254 valence electrons. The van der Waals surface area contributed by atoms with Gasteiger partial charge in [-0.1, -0.05) is 111 Å². The molecule has 0 spiro atoms. The molecule has 1 N–H and O–H groups in total. The first-order valence-corrected chi connectivity index (χ1v) is 17.9. The molecular weight excluding hydrogens is 574 g/mol. The van der Waals surface area contributed by atoms with E-state index >= 15 is 0 Å². The summed E-state index contributed by atoms with van der Waals surface area (Å²) in [5.74, 6) is 0.632. The molecule has 46 heavy (non-hydrogen) atoms. The lowest BCUT2D eigenvalue weighted by Gasteiger charge is -2.31. The van der Waals surface area contributed by atoms with Crippen LogP contribution in [0.25, 0.3) is 0 Å². The fraction of sp³-hybridized carbons (Fsp3) is 0.658. The summed E-state index contributed by atoms with van der Waals surface area (Å²) in [7, 11) is 0. The molecule has 0 saturated heterocycles. The van der Waals surface area contributed by atoms with Gasteiger partial charge in [-0.15, -0.1) is 10.2 Å². The summed E-state index contributed by atoms with van der Waals surface area (Å²) in [5.41, 5.74) is 0.652. The number of aromatic nitrogens is 1. The van der Waals surface area contributed by atoms with Gasteiger partial charge in [0.2, 0.25) is 5.88 Å². The Bertz CT molecular complexity index is 1340. The summed E-state index contributed by atoms with van der Waals surface area (Å²) in [6.07, 6.45) is 12.6. The third-order valence-corrected chi connectivity index (χ3v) is 9.48. The van der Waals surface area contributed by atoms with Crippen LogP contribution in [0.15, 0.2) is 39.3 Å². The van der Waals surface area contributed by atoms with Gasteiger partial charge in [0.1, 0.15) is 11.6 Å². The predicted molar refractivity (Wildman–Crippen MR) is 188 cm³/mol. The average molecular weight is 634 g/mol. The molecule has 2 rings (SSSR count). The molecule has 0 saturated carbocycles. The Hall–Kier alpha value is -3.47. The molecule has 1 heterocycles. The van der Waals surface area contributed by atoms with Gasteiger partial charge in [0.15, 0.2) is 5.69 Å². The van der Waals surface area contributed by atoms with E-state index in [2.05, 4.69) is 57.8 Å². The number of unbranched alkanes of at least 4 members (excludes halogenated alkanes) is 3. The topological polar surface area (TPSA) is 111 Å². The van der Waals surface area contributed by atoms with E-state index in [1.807, 2.05) is 17.0 Å². The number of carbonyl (C=O) groups excluding carboxylic acids is 1. The molecule has 3 atom stereocenters. The van der Waals surface area contributed by atoms with Gasteiger partial charge in [0.05, 0.1) is 11.3 Å². The van der Waals surface area contributed by atoms with Gasteiger partial charge in [0, 0.05) is 25.2 Å². The Balaban J connectivity index is 2.56. The van der Waals surface area contributed by atoms with Crippen LogP contribution in [0.4, 0.5) is 11.4 Å². The van der Waals surface area contributed by atoms with Gasteiger partial charge < -0.3 is 10.0 Å². The number of rotatable bonds is 21. The van der Waals surface area contributed by atoms with Gasteiger partial charge in [-0.25, -0.2) is 0 Å². The summed E-state index contributed by atoms with van der Waals surface area (Å²) < 4.78 is 1.27. The minimum absolute atomic E-state index is 0.00929. The summed E-state index contributed by atoms with van der Waals surface area (Å²) in [6, 6.07) is 9.23. The molecule has 3 unspecified atom stereocenters. The van der Waals surface area contributed by atoms with Crippen LogP contribution in [0, 0.1) is 36.0 Å². The van der Waals surface area contributed by atoms with Crippen LogP contribution in [0.3, 0.4) is 0 Å². The lowest BCUT2D eigenvalue weighted by Crippen LogP contribution is -2.39. The standard InChI is InChI=1S/C38H59N5O3/c1-8-14-19-29(11-4)25-42(26-30(12-5)20-15-9-2)36(44)32-22-17-18-23-34(32)40-41-35-28(7)33(24-39)37(45)43(38(35)46)27-31(13-6)21-16-10-3/h17-18,22-23,29-31,45H,8-16,19-21,25-27H2,1-7H3. The van der Waals surface area contributed by atoms with Crippen molar-refractivity contribution in [3.8, 4) is 11.9 Å². The Morgan fingerprint density at radius 2 is 1.39 bits per heavy atom. The minimum Gasteiger partial charge on any atom is -0.493 e. The second kappa shape index (κ2) is 20.6. The molecular formula is C38H59N5O3. The molecule has 1 aromatic heterocycles. The van der Waals surface area contributed by atoms with Crippen LogP contribution in [0.1, 0.15) is 140 Å². The van der Waals surface area contributed by atoms with Crippen LogP contribution in [0.5, 0.6) is 5.88 Å². The number of amides is 1. The summed E-state index contributed by atoms with van der Waals surface area (Å²) >= 11 is 0. The molecule has 0 aliphatic heterocycles. The SMILES string of the molecule is CCCCC(CC)CN(CC(CC)CCCC)C(=O)c1ccccc1N=Nc1c(C)c(C#N)c(O)n(CC(CC)CCCC)c1=O. The van der Waals surface area contributed by atoms with Gasteiger partial charge in [-0.05, 0) is 56.1 Å². The molecule has 8 nitrogen and oxygen atoms in total. The maximum atomic E-state index is 14.3. The van der Waals surface area contributed by atoms with Crippen LogP contribution >= 0.6 is 0 Å². The van der Waals surface area contributed by atoms with Crippen molar-refractivity contribution in [3.05, 3.63) is 51.3 Å². The van der Waals surface area contributed by atoms with E-state index in [0.717, 1.165) is 77.0 Å². The van der Waals surface area contributed by atoms with Gasteiger partial charge in [-0.3, -0.25) is 14.2 Å². The van der Waals surface area contributed by atoms with Gasteiger partial charge >= 0.3 is 0 Å².